The van der Waals surface area contributed by atoms with Crippen LogP contribution in [0.3, 0.4) is 0 Å². The van der Waals surface area contributed by atoms with Crippen LogP contribution in [0.1, 0.15) is 38.5 Å². The third kappa shape index (κ3) is 3.94. The van der Waals surface area contributed by atoms with Crippen LogP contribution in [0.2, 0.25) is 0 Å². The summed E-state index contributed by atoms with van der Waals surface area (Å²) in [6.45, 7) is 8.40. The summed E-state index contributed by atoms with van der Waals surface area (Å²) < 4.78 is 5.97. The van der Waals surface area contributed by atoms with Crippen molar-refractivity contribution >= 4 is 0 Å². The van der Waals surface area contributed by atoms with E-state index < -0.39 is 0 Å². The first-order valence-electron chi connectivity index (χ1n) is 8.63. The number of hydrogen-bond donors (Lipinski definition) is 1. The zero-order chi connectivity index (χ0) is 13.8. The van der Waals surface area contributed by atoms with E-state index in [1.165, 1.54) is 64.8 Å². The van der Waals surface area contributed by atoms with Gasteiger partial charge in [0.25, 0.3) is 0 Å². The third-order valence-electron chi connectivity index (χ3n) is 5.34. The molecule has 0 aromatic rings. The van der Waals surface area contributed by atoms with Gasteiger partial charge in [-0.2, -0.15) is 0 Å². The zero-order valence-corrected chi connectivity index (χ0v) is 12.8. The normalized spacial score (nSPS) is 34.0. The van der Waals surface area contributed by atoms with E-state index in [4.69, 9.17) is 10.5 Å². The van der Waals surface area contributed by atoms with Gasteiger partial charge in [0.05, 0.1) is 12.2 Å². The van der Waals surface area contributed by atoms with E-state index >= 15 is 0 Å². The fourth-order valence-corrected chi connectivity index (χ4v) is 4.06. The molecule has 2 unspecified atom stereocenters. The molecule has 3 fully saturated rings. The molecular formula is C16H31N3O. The topological polar surface area (TPSA) is 41.7 Å². The molecule has 3 aliphatic heterocycles. The van der Waals surface area contributed by atoms with E-state index in [0.717, 1.165) is 18.9 Å². The predicted octanol–water partition coefficient (Wildman–Crippen LogP) is 1.30. The van der Waals surface area contributed by atoms with E-state index in [-0.39, 0.29) is 0 Å². The van der Waals surface area contributed by atoms with E-state index in [1.54, 1.807) is 0 Å². The van der Waals surface area contributed by atoms with E-state index in [0.29, 0.717) is 18.8 Å². The SMILES string of the molecule is NCC1CCC(CN2CCC(CN3CCCC3)CC2)O1. The van der Waals surface area contributed by atoms with Gasteiger partial charge < -0.3 is 20.3 Å². The lowest BCUT2D eigenvalue weighted by atomic mass is 9.96. The molecule has 0 bridgehead atoms. The maximum absolute atomic E-state index is 5.97. The fraction of sp³-hybridized carbons (Fsp3) is 1.00. The molecule has 4 heteroatoms. The van der Waals surface area contributed by atoms with E-state index in [2.05, 4.69) is 9.80 Å². The Morgan fingerprint density at radius 3 is 2.10 bits per heavy atom. The van der Waals surface area contributed by atoms with E-state index in [9.17, 15) is 0 Å². The Balaban J connectivity index is 1.34. The second-order valence-corrected chi connectivity index (χ2v) is 6.94. The quantitative estimate of drug-likeness (QED) is 0.825. The Hall–Kier alpha value is -0.160. The fourth-order valence-electron chi connectivity index (χ4n) is 4.06. The lowest BCUT2D eigenvalue weighted by molar-refractivity contribution is 0.0187. The van der Waals surface area contributed by atoms with Gasteiger partial charge in [-0.05, 0) is 70.6 Å². The second-order valence-electron chi connectivity index (χ2n) is 6.94. The van der Waals surface area contributed by atoms with Crippen LogP contribution < -0.4 is 5.73 Å². The first-order valence-corrected chi connectivity index (χ1v) is 8.63. The van der Waals surface area contributed by atoms with Gasteiger partial charge in [-0.15, -0.1) is 0 Å². The van der Waals surface area contributed by atoms with Crippen molar-refractivity contribution in [3.8, 4) is 0 Å². The number of nitrogens with two attached hydrogens (primary N) is 1. The van der Waals surface area contributed by atoms with Crippen LogP contribution in [-0.2, 0) is 4.74 Å². The maximum Gasteiger partial charge on any atom is 0.0707 e. The lowest BCUT2D eigenvalue weighted by Crippen LogP contribution is -2.41. The van der Waals surface area contributed by atoms with Gasteiger partial charge >= 0.3 is 0 Å². The van der Waals surface area contributed by atoms with Crippen LogP contribution in [-0.4, -0.2) is 67.8 Å². The highest BCUT2D eigenvalue weighted by molar-refractivity contribution is 4.81. The average molecular weight is 281 g/mol. The smallest absolute Gasteiger partial charge is 0.0707 e. The Kier molecular flexibility index (Phi) is 5.32. The average Bonchev–Trinajstić information content (AvgIpc) is 3.12. The van der Waals surface area contributed by atoms with Crippen LogP contribution in [0.25, 0.3) is 0 Å². The Morgan fingerprint density at radius 2 is 1.45 bits per heavy atom. The molecule has 0 aromatic carbocycles. The molecule has 3 aliphatic rings. The molecule has 0 amide bonds. The number of hydrogen-bond acceptors (Lipinski definition) is 4. The predicted molar refractivity (Wildman–Crippen MR) is 81.8 cm³/mol. The first kappa shape index (κ1) is 14.8. The Morgan fingerprint density at radius 1 is 0.800 bits per heavy atom. The van der Waals surface area contributed by atoms with Crippen molar-refractivity contribution in [3.63, 3.8) is 0 Å². The van der Waals surface area contributed by atoms with Crippen molar-refractivity contribution < 1.29 is 4.74 Å². The van der Waals surface area contributed by atoms with Gasteiger partial charge in [0, 0.05) is 19.6 Å². The molecule has 3 saturated heterocycles. The molecule has 2 atom stereocenters. The minimum atomic E-state index is 0.327. The van der Waals surface area contributed by atoms with Gasteiger partial charge in [-0.25, -0.2) is 0 Å². The van der Waals surface area contributed by atoms with Gasteiger partial charge in [0.2, 0.25) is 0 Å². The monoisotopic (exact) mass is 281 g/mol. The largest absolute Gasteiger partial charge is 0.372 e. The summed E-state index contributed by atoms with van der Waals surface area (Å²) in [5.41, 5.74) is 5.68. The van der Waals surface area contributed by atoms with Gasteiger partial charge in [0.1, 0.15) is 0 Å². The highest BCUT2D eigenvalue weighted by atomic mass is 16.5. The molecule has 0 spiro atoms. The second kappa shape index (κ2) is 7.21. The molecule has 0 aromatic heterocycles. The minimum absolute atomic E-state index is 0.327. The number of ether oxygens (including phenoxy) is 1. The van der Waals surface area contributed by atoms with Crippen molar-refractivity contribution in [3.05, 3.63) is 0 Å². The summed E-state index contributed by atoms with van der Waals surface area (Å²) in [5, 5.41) is 0. The number of rotatable bonds is 5. The van der Waals surface area contributed by atoms with Crippen LogP contribution in [0.5, 0.6) is 0 Å². The number of piperidine rings is 1. The molecule has 3 heterocycles. The summed E-state index contributed by atoms with van der Waals surface area (Å²) in [7, 11) is 0. The lowest BCUT2D eigenvalue weighted by Gasteiger charge is -2.35. The molecule has 4 nitrogen and oxygen atoms in total. The zero-order valence-electron chi connectivity index (χ0n) is 12.8. The molecule has 2 N–H and O–H groups in total. The van der Waals surface area contributed by atoms with Crippen LogP contribution in [0.15, 0.2) is 0 Å². The Labute approximate surface area is 123 Å². The molecule has 0 radical (unpaired) electrons. The minimum Gasteiger partial charge on any atom is -0.372 e. The maximum atomic E-state index is 5.97. The van der Waals surface area contributed by atoms with Crippen LogP contribution in [0.4, 0.5) is 0 Å². The van der Waals surface area contributed by atoms with E-state index in [1.807, 2.05) is 0 Å². The molecule has 20 heavy (non-hydrogen) atoms. The molecule has 116 valence electrons. The van der Waals surface area contributed by atoms with Crippen molar-refractivity contribution in [1.82, 2.24) is 9.80 Å². The number of likely N-dealkylation sites (tertiary alicyclic amines) is 2. The molecule has 0 aliphatic carbocycles. The highest BCUT2D eigenvalue weighted by Gasteiger charge is 2.28. The highest BCUT2D eigenvalue weighted by Crippen LogP contribution is 2.24. The van der Waals surface area contributed by atoms with Crippen molar-refractivity contribution in [2.45, 2.75) is 50.7 Å². The summed E-state index contributed by atoms with van der Waals surface area (Å²) in [5.74, 6) is 0.936. The van der Waals surface area contributed by atoms with Crippen molar-refractivity contribution in [2.24, 2.45) is 11.7 Å². The van der Waals surface area contributed by atoms with Crippen molar-refractivity contribution in [2.75, 3.05) is 45.8 Å². The standard InChI is InChI=1S/C16H31N3O/c17-11-15-3-4-16(20-15)13-19-9-5-14(6-10-19)12-18-7-1-2-8-18/h14-16H,1-13,17H2. The molecule has 0 saturated carbocycles. The van der Waals surface area contributed by atoms with Crippen LogP contribution in [0, 0.1) is 5.92 Å². The Bertz CT molecular complexity index is 285. The third-order valence-corrected chi connectivity index (χ3v) is 5.34. The summed E-state index contributed by atoms with van der Waals surface area (Å²) >= 11 is 0. The summed E-state index contributed by atoms with van der Waals surface area (Å²) in [6, 6.07) is 0. The van der Waals surface area contributed by atoms with Crippen LogP contribution >= 0.6 is 0 Å². The summed E-state index contributed by atoms with van der Waals surface area (Å²) in [6.07, 6.45) is 8.72. The van der Waals surface area contributed by atoms with Crippen molar-refractivity contribution in [1.29, 1.82) is 0 Å². The first-order chi connectivity index (χ1) is 9.83. The van der Waals surface area contributed by atoms with Gasteiger partial charge in [-0.3, -0.25) is 0 Å². The molecule has 3 rings (SSSR count). The van der Waals surface area contributed by atoms with Gasteiger partial charge in [-0.1, -0.05) is 0 Å². The summed E-state index contributed by atoms with van der Waals surface area (Å²) in [4.78, 5) is 5.29. The van der Waals surface area contributed by atoms with Gasteiger partial charge in [0.15, 0.2) is 0 Å². The number of nitrogens with zero attached hydrogens (tertiary/aromatic N) is 2. The molecular weight excluding hydrogens is 250 g/mol.